The molecule has 10 nitrogen and oxygen atoms in total. The van der Waals surface area contributed by atoms with Crippen molar-refractivity contribution in [3.8, 4) is 17.1 Å². The standard InChI is InChI=1S/C11H6F3NO4.C9H10N4OS/c12-11(13,14)19-7-3-1-2-6(4-7)9-8(10(16)17)15-5-18-9;1-6(14)8-3-2-7(15-8)5-13-11-4-9(10)12-13/h1-5H,(H,16,17);2-4H,5H2,1H3,(H2,10,12). The maximum Gasteiger partial charge on any atom is 0.573 e. The number of nitrogen functional groups attached to an aromatic ring is 1. The van der Waals surface area contributed by atoms with E-state index in [1.165, 1.54) is 34.5 Å². The highest BCUT2D eigenvalue weighted by molar-refractivity contribution is 7.14. The second-order valence-electron chi connectivity index (χ2n) is 6.53. The molecule has 14 heteroatoms. The lowest BCUT2D eigenvalue weighted by molar-refractivity contribution is -0.274. The first-order chi connectivity index (χ1) is 16.0. The van der Waals surface area contributed by atoms with Crippen LogP contribution in [0.1, 0.15) is 32.0 Å². The van der Waals surface area contributed by atoms with Crippen LogP contribution in [-0.2, 0) is 6.54 Å². The molecule has 3 N–H and O–H groups in total. The number of thiophene rings is 1. The number of carboxylic acids is 1. The van der Waals surface area contributed by atoms with Crippen molar-refractivity contribution < 1.29 is 37.0 Å². The number of alkyl halides is 3. The summed E-state index contributed by atoms with van der Waals surface area (Å²) in [5.41, 5.74) is 5.18. The van der Waals surface area contributed by atoms with E-state index in [9.17, 15) is 22.8 Å². The van der Waals surface area contributed by atoms with Crippen LogP contribution < -0.4 is 10.5 Å². The number of carboxylic acid groups (broad SMARTS) is 1. The Bertz CT molecular complexity index is 1300. The molecule has 0 radical (unpaired) electrons. The lowest BCUT2D eigenvalue weighted by atomic mass is 10.1. The molecule has 0 bridgehead atoms. The Kier molecular flexibility index (Phi) is 7.31. The first-order valence-electron chi connectivity index (χ1n) is 9.30. The lowest BCUT2D eigenvalue weighted by Crippen LogP contribution is -2.17. The van der Waals surface area contributed by atoms with Crippen LogP contribution in [0.5, 0.6) is 5.75 Å². The number of anilines is 1. The number of aromatic nitrogens is 4. The van der Waals surface area contributed by atoms with Crippen molar-refractivity contribution in [3.63, 3.8) is 0 Å². The summed E-state index contributed by atoms with van der Waals surface area (Å²) in [5, 5.41) is 16.8. The van der Waals surface area contributed by atoms with E-state index in [0.29, 0.717) is 12.4 Å². The van der Waals surface area contributed by atoms with Crippen molar-refractivity contribution in [2.24, 2.45) is 0 Å². The Morgan fingerprint density at radius 2 is 2.03 bits per heavy atom. The number of aromatic carboxylic acids is 1. The Balaban J connectivity index is 0.000000196. The van der Waals surface area contributed by atoms with Crippen molar-refractivity contribution in [3.05, 3.63) is 64.4 Å². The summed E-state index contributed by atoms with van der Waals surface area (Å²) < 4.78 is 44.8. The number of ketones is 1. The third-order valence-electron chi connectivity index (χ3n) is 3.96. The number of ether oxygens (including phenoxy) is 1. The fourth-order valence-electron chi connectivity index (χ4n) is 2.62. The highest BCUT2D eigenvalue weighted by Gasteiger charge is 2.31. The normalized spacial score (nSPS) is 10.9. The van der Waals surface area contributed by atoms with E-state index >= 15 is 0 Å². The van der Waals surface area contributed by atoms with Crippen molar-refractivity contribution in [1.29, 1.82) is 0 Å². The Labute approximate surface area is 193 Å². The van der Waals surface area contributed by atoms with E-state index in [-0.39, 0.29) is 22.8 Å². The van der Waals surface area contributed by atoms with Crippen LogP contribution in [0.25, 0.3) is 11.3 Å². The topological polar surface area (TPSA) is 146 Å². The van der Waals surface area contributed by atoms with Crippen molar-refractivity contribution >= 4 is 28.9 Å². The largest absolute Gasteiger partial charge is 0.573 e. The zero-order valence-electron chi connectivity index (χ0n) is 17.3. The van der Waals surface area contributed by atoms with Crippen LogP contribution in [0.2, 0.25) is 0 Å². The van der Waals surface area contributed by atoms with Crippen molar-refractivity contribution in [2.45, 2.75) is 19.8 Å². The van der Waals surface area contributed by atoms with E-state index < -0.39 is 18.1 Å². The highest BCUT2D eigenvalue weighted by Crippen LogP contribution is 2.29. The molecule has 0 amide bonds. The molecule has 0 aliphatic heterocycles. The average Bonchev–Trinajstić information content (AvgIpc) is 3.48. The van der Waals surface area contributed by atoms with Gasteiger partial charge >= 0.3 is 12.3 Å². The molecule has 0 atom stereocenters. The smallest absolute Gasteiger partial charge is 0.476 e. The Morgan fingerprint density at radius 3 is 2.62 bits per heavy atom. The number of oxazole rings is 1. The molecule has 0 aliphatic rings. The van der Waals surface area contributed by atoms with Crippen LogP contribution in [0.4, 0.5) is 19.0 Å². The van der Waals surface area contributed by atoms with Gasteiger partial charge in [0.2, 0.25) is 0 Å². The zero-order valence-corrected chi connectivity index (χ0v) is 18.1. The molecule has 1 aromatic carbocycles. The second kappa shape index (κ2) is 10.2. The minimum Gasteiger partial charge on any atom is -0.476 e. The van der Waals surface area contributed by atoms with Gasteiger partial charge in [-0.15, -0.1) is 29.6 Å². The van der Waals surface area contributed by atoms with E-state index in [1.807, 2.05) is 12.1 Å². The van der Waals surface area contributed by atoms with Gasteiger partial charge in [-0.1, -0.05) is 12.1 Å². The number of nitrogens with zero attached hydrogens (tertiary/aromatic N) is 4. The molecule has 0 aliphatic carbocycles. The quantitative estimate of drug-likeness (QED) is 0.377. The van der Waals surface area contributed by atoms with Crippen molar-refractivity contribution in [2.75, 3.05) is 5.73 Å². The van der Waals surface area contributed by atoms with Gasteiger partial charge in [-0.2, -0.15) is 9.90 Å². The molecule has 0 fully saturated rings. The zero-order chi connectivity index (χ0) is 24.9. The van der Waals surface area contributed by atoms with E-state index in [0.717, 1.165) is 28.3 Å². The fourth-order valence-corrected chi connectivity index (χ4v) is 3.49. The Morgan fingerprint density at radius 1 is 1.26 bits per heavy atom. The van der Waals surface area contributed by atoms with E-state index in [2.05, 4.69) is 19.9 Å². The van der Waals surface area contributed by atoms with Gasteiger partial charge < -0.3 is 20.0 Å². The number of carbonyl (C=O) groups is 2. The molecular formula is C20H16F3N5O5S. The van der Waals surface area contributed by atoms with Crippen LogP contribution >= 0.6 is 11.3 Å². The summed E-state index contributed by atoms with van der Waals surface area (Å²) in [6.07, 6.45) is -2.43. The molecule has 4 aromatic rings. The third kappa shape index (κ3) is 6.65. The summed E-state index contributed by atoms with van der Waals surface area (Å²) in [5.74, 6) is -1.47. The van der Waals surface area contributed by atoms with Gasteiger partial charge in [0, 0.05) is 10.4 Å². The van der Waals surface area contributed by atoms with Gasteiger partial charge in [-0.3, -0.25) is 4.79 Å². The fraction of sp³-hybridized carbons (Fsp3) is 0.150. The minimum absolute atomic E-state index is 0.0826. The van der Waals surface area contributed by atoms with Crippen molar-refractivity contribution in [1.82, 2.24) is 20.0 Å². The summed E-state index contributed by atoms with van der Waals surface area (Å²) >= 11 is 1.45. The molecule has 0 saturated carbocycles. The minimum atomic E-state index is -4.82. The molecule has 4 rings (SSSR count). The monoisotopic (exact) mass is 495 g/mol. The summed E-state index contributed by atoms with van der Waals surface area (Å²) in [4.78, 5) is 28.7. The second-order valence-corrected chi connectivity index (χ2v) is 7.70. The molecule has 178 valence electrons. The van der Waals surface area contributed by atoms with Gasteiger partial charge in [0.1, 0.15) is 5.75 Å². The molecule has 0 saturated heterocycles. The molecule has 0 unspecified atom stereocenters. The van der Waals surface area contributed by atoms with Gasteiger partial charge in [0.25, 0.3) is 0 Å². The number of hydrogen-bond acceptors (Lipinski definition) is 9. The van der Waals surface area contributed by atoms with Gasteiger partial charge in [-0.25, -0.2) is 9.78 Å². The number of benzene rings is 1. The van der Waals surface area contributed by atoms with Gasteiger partial charge in [0.05, 0.1) is 17.6 Å². The Hall–Kier alpha value is -4.20. The van der Waals surface area contributed by atoms with E-state index in [1.54, 1.807) is 6.92 Å². The number of hydrogen-bond donors (Lipinski definition) is 2. The molecule has 3 heterocycles. The average molecular weight is 495 g/mol. The predicted molar refractivity (Wildman–Crippen MR) is 113 cm³/mol. The summed E-state index contributed by atoms with van der Waals surface area (Å²) in [6.45, 7) is 2.11. The van der Waals surface area contributed by atoms with E-state index in [4.69, 9.17) is 15.3 Å². The first-order valence-corrected chi connectivity index (χ1v) is 10.1. The SMILES string of the molecule is CC(=O)c1ccc(Cn2ncc(N)n2)s1.O=C(O)c1ncoc1-c1cccc(OC(F)(F)F)c1. The van der Waals surface area contributed by atoms with Crippen LogP contribution in [-0.4, -0.2) is 43.2 Å². The maximum absolute atomic E-state index is 12.1. The number of carbonyl (C=O) groups excluding carboxylic acids is 1. The van der Waals surface area contributed by atoms with Gasteiger partial charge in [-0.05, 0) is 31.2 Å². The van der Waals surface area contributed by atoms with Gasteiger partial charge in [0.15, 0.2) is 29.4 Å². The predicted octanol–water partition coefficient (Wildman–Crippen LogP) is 4.11. The van der Waals surface area contributed by atoms with Crippen LogP contribution in [0.15, 0.2) is 53.4 Å². The number of nitrogens with two attached hydrogens (primary N) is 1. The highest BCUT2D eigenvalue weighted by atomic mass is 32.1. The molecule has 0 spiro atoms. The lowest BCUT2D eigenvalue weighted by Gasteiger charge is -2.09. The molecular weight excluding hydrogens is 479 g/mol. The summed E-state index contributed by atoms with van der Waals surface area (Å²) in [7, 11) is 0. The molecule has 3 aromatic heterocycles. The molecule has 34 heavy (non-hydrogen) atoms. The van der Waals surface area contributed by atoms with Crippen LogP contribution in [0, 0.1) is 0 Å². The number of halogens is 3. The maximum atomic E-state index is 12.1. The third-order valence-corrected chi connectivity index (χ3v) is 5.13. The summed E-state index contributed by atoms with van der Waals surface area (Å²) in [6, 6.07) is 8.49. The number of Topliss-reactive ketones (excluding diaryl/α,β-unsaturated/α-hetero) is 1. The first kappa shape index (κ1) is 24.4. The number of rotatable bonds is 6. The van der Waals surface area contributed by atoms with Crippen LogP contribution in [0.3, 0.4) is 0 Å².